The van der Waals surface area contributed by atoms with Gasteiger partial charge in [0.2, 0.25) is 0 Å². The van der Waals surface area contributed by atoms with Gasteiger partial charge in [-0.2, -0.15) is 0 Å². The minimum absolute atomic E-state index is 0.334. The summed E-state index contributed by atoms with van der Waals surface area (Å²) in [4.78, 5) is 12.5. The van der Waals surface area contributed by atoms with Crippen molar-refractivity contribution < 1.29 is 4.79 Å². The van der Waals surface area contributed by atoms with Crippen LogP contribution in [0.3, 0.4) is 0 Å². The lowest BCUT2D eigenvalue weighted by Crippen LogP contribution is -2.28. The number of benzene rings is 1. The first-order chi connectivity index (χ1) is 9.98. The van der Waals surface area contributed by atoms with E-state index in [0.29, 0.717) is 12.2 Å². The van der Waals surface area contributed by atoms with E-state index in [9.17, 15) is 4.79 Å². The molecule has 2 N–H and O–H groups in total. The van der Waals surface area contributed by atoms with Gasteiger partial charge in [-0.25, -0.2) is 0 Å². The largest absolute Gasteiger partial charge is 0.399 e. The van der Waals surface area contributed by atoms with E-state index >= 15 is 0 Å². The summed E-state index contributed by atoms with van der Waals surface area (Å²) >= 11 is 0. The first-order valence-corrected chi connectivity index (χ1v) is 8.37. The Kier molecular flexibility index (Phi) is 7.49. The zero-order valence-electron chi connectivity index (χ0n) is 14.0. The number of carbonyl (C=O) groups excluding carboxylic acids is 1. The lowest BCUT2D eigenvalue weighted by atomic mass is 9.79. The molecule has 0 aliphatic heterocycles. The van der Waals surface area contributed by atoms with E-state index < -0.39 is 5.41 Å². The molecular weight excluding hydrogens is 258 g/mol. The molecule has 0 saturated carbocycles. The van der Waals surface area contributed by atoms with Crippen molar-refractivity contribution in [2.24, 2.45) is 0 Å². The van der Waals surface area contributed by atoms with Gasteiger partial charge >= 0.3 is 0 Å². The van der Waals surface area contributed by atoms with Crippen LogP contribution in [-0.2, 0) is 10.2 Å². The van der Waals surface area contributed by atoms with Gasteiger partial charge in [-0.1, -0.05) is 57.6 Å². The van der Waals surface area contributed by atoms with Crippen LogP contribution in [0, 0.1) is 0 Å². The molecule has 2 nitrogen and oxygen atoms in total. The molecule has 0 spiro atoms. The number of hydrogen-bond acceptors (Lipinski definition) is 2. The van der Waals surface area contributed by atoms with Crippen LogP contribution in [0.4, 0.5) is 5.69 Å². The molecule has 1 aromatic rings. The zero-order chi connectivity index (χ0) is 15.7. The molecule has 21 heavy (non-hydrogen) atoms. The van der Waals surface area contributed by atoms with E-state index in [1.54, 1.807) is 0 Å². The van der Waals surface area contributed by atoms with Gasteiger partial charge in [-0.05, 0) is 38.0 Å². The molecule has 0 radical (unpaired) electrons. The fraction of sp³-hybridized carbons (Fsp3) is 0.632. The Bertz CT molecular complexity index is 420. The Hall–Kier alpha value is -1.31. The number of rotatable bonds is 10. The maximum atomic E-state index is 12.5. The maximum absolute atomic E-state index is 12.5. The topological polar surface area (TPSA) is 43.1 Å². The standard InChI is InChI=1S/C19H31NO/c1-4-5-6-7-8-9-10-11-18(21)19(2,3)16-12-14-17(20)15-13-16/h12-15H,4-11,20H2,1-3H3. The molecule has 0 unspecified atom stereocenters. The average Bonchev–Trinajstić information content (AvgIpc) is 2.46. The molecule has 1 rings (SSSR count). The van der Waals surface area contributed by atoms with E-state index in [0.717, 1.165) is 17.7 Å². The Morgan fingerprint density at radius 2 is 1.48 bits per heavy atom. The van der Waals surface area contributed by atoms with Gasteiger partial charge in [-0.3, -0.25) is 4.79 Å². The molecule has 0 amide bonds. The van der Waals surface area contributed by atoms with Crippen LogP contribution in [-0.4, -0.2) is 5.78 Å². The number of nitrogen functional groups attached to an aromatic ring is 1. The van der Waals surface area contributed by atoms with Gasteiger partial charge in [0.1, 0.15) is 5.78 Å². The molecule has 0 atom stereocenters. The molecule has 2 heteroatoms. The third kappa shape index (κ3) is 5.91. The van der Waals surface area contributed by atoms with Crippen LogP contribution in [0.5, 0.6) is 0 Å². The predicted molar refractivity (Wildman–Crippen MR) is 91.5 cm³/mol. The minimum atomic E-state index is -0.407. The summed E-state index contributed by atoms with van der Waals surface area (Å²) in [5, 5.41) is 0. The fourth-order valence-corrected chi connectivity index (χ4v) is 2.62. The highest BCUT2D eigenvalue weighted by Crippen LogP contribution is 2.27. The van der Waals surface area contributed by atoms with Crippen LogP contribution in [0.2, 0.25) is 0 Å². The van der Waals surface area contributed by atoms with Crippen molar-refractivity contribution in [1.82, 2.24) is 0 Å². The molecule has 0 heterocycles. The summed E-state index contributed by atoms with van der Waals surface area (Å²) in [6.07, 6.45) is 9.40. The number of unbranched alkanes of at least 4 members (excludes halogenated alkanes) is 6. The number of hydrogen-bond donors (Lipinski definition) is 1. The quantitative estimate of drug-likeness (QED) is 0.472. The number of carbonyl (C=O) groups is 1. The second kappa shape index (κ2) is 8.86. The van der Waals surface area contributed by atoms with Gasteiger partial charge in [0.25, 0.3) is 0 Å². The zero-order valence-corrected chi connectivity index (χ0v) is 14.0. The van der Waals surface area contributed by atoms with Gasteiger partial charge < -0.3 is 5.73 Å². The lowest BCUT2D eigenvalue weighted by Gasteiger charge is -2.24. The summed E-state index contributed by atoms with van der Waals surface area (Å²) < 4.78 is 0. The highest BCUT2D eigenvalue weighted by molar-refractivity contribution is 5.89. The van der Waals surface area contributed by atoms with Crippen molar-refractivity contribution in [3.8, 4) is 0 Å². The predicted octanol–water partition coefficient (Wildman–Crippen LogP) is 5.26. The monoisotopic (exact) mass is 289 g/mol. The summed E-state index contributed by atoms with van der Waals surface area (Å²) in [6.45, 7) is 6.27. The Labute approximate surface area is 130 Å². The second-order valence-electron chi connectivity index (χ2n) is 6.54. The summed E-state index contributed by atoms with van der Waals surface area (Å²) in [7, 11) is 0. The van der Waals surface area contributed by atoms with Gasteiger partial charge in [0.05, 0.1) is 0 Å². The molecule has 0 aromatic heterocycles. The summed E-state index contributed by atoms with van der Waals surface area (Å²) in [6, 6.07) is 7.69. The third-order valence-corrected chi connectivity index (χ3v) is 4.34. The fourth-order valence-electron chi connectivity index (χ4n) is 2.62. The second-order valence-corrected chi connectivity index (χ2v) is 6.54. The Morgan fingerprint density at radius 1 is 0.952 bits per heavy atom. The van der Waals surface area contributed by atoms with Crippen molar-refractivity contribution >= 4 is 11.5 Å². The highest BCUT2D eigenvalue weighted by Gasteiger charge is 2.28. The van der Waals surface area contributed by atoms with E-state index in [1.165, 1.54) is 38.5 Å². The summed E-state index contributed by atoms with van der Waals surface area (Å²) in [5.41, 5.74) is 7.11. The smallest absolute Gasteiger partial charge is 0.142 e. The average molecular weight is 289 g/mol. The lowest BCUT2D eigenvalue weighted by molar-refractivity contribution is -0.123. The number of Topliss-reactive ketones (excluding diaryl/α,β-unsaturated/α-hetero) is 1. The van der Waals surface area contributed by atoms with E-state index in [2.05, 4.69) is 6.92 Å². The highest BCUT2D eigenvalue weighted by atomic mass is 16.1. The van der Waals surface area contributed by atoms with E-state index in [4.69, 9.17) is 5.73 Å². The van der Waals surface area contributed by atoms with Crippen LogP contribution >= 0.6 is 0 Å². The Balaban J connectivity index is 2.35. The van der Waals surface area contributed by atoms with Crippen molar-refractivity contribution in [3.05, 3.63) is 29.8 Å². The van der Waals surface area contributed by atoms with E-state index in [-0.39, 0.29) is 0 Å². The van der Waals surface area contributed by atoms with Crippen LogP contribution in [0.15, 0.2) is 24.3 Å². The van der Waals surface area contributed by atoms with Gasteiger partial charge in [0, 0.05) is 17.5 Å². The molecule has 0 bridgehead atoms. The SMILES string of the molecule is CCCCCCCCCC(=O)C(C)(C)c1ccc(N)cc1. The number of nitrogens with two attached hydrogens (primary N) is 1. The minimum Gasteiger partial charge on any atom is -0.399 e. The van der Waals surface area contributed by atoms with Crippen molar-refractivity contribution in [3.63, 3.8) is 0 Å². The van der Waals surface area contributed by atoms with Crippen molar-refractivity contribution in [1.29, 1.82) is 0 Å². The maximum Gasteiger partial charge on any atom is 0.142 e. The normalized spacial score (nSPS) is 11.6. The van der Waals surface area contributed by atoms with Crippen molar-refractivity contribution in [2.75, 3.05) is 5.73 Å². The van der Waals surface area contributed by atoms with Gasteiger partial charge in [-0.15, -0.1) is 0 Å². The number of anilines is 1. The molecule has 1 aromatic carbocycles. The molecule has 118 valence electrons. The molecule has 0 aliphatic rings. The molecule has 0 saturated heterocycles. The van der Waals surface area contributed by atoms with Crippen LogP contribution in [0.1, 0.15) is 77.7 Å². The molecule has 0 aliphatic carbocycles. The number of ketones is 1. The van der Waals surface area contributed by atoms with Crippen LogP contribution in [0.25, 0.3) is 0 Å². The van der Waals surface area contributed by atoms with Gasteiger partial charge in [0.15, 0.2) is 0 Å². The summed E-state index contributed by atoms with van der Waals surface area (Å²) in [5.74, 6) is 0.334. The first-order valence-electron chi connectivity index (χ1n) is 8.37. The first kappa shape index (κ1) is 17.7. The molecular formula is C19H31NO. The van der Waals surface area contributed by atoms with Crippen LogP contribution < -0.4 is 5.73 Å². The van der Waals surface area contributed by atoms with E-state index in [1.807, 2.05) is 38.1 Å². The third-order valence-electron chi connectivity index (χ3n) is 4.34. The van der Waals surface area contributed by atoms with Crippen molar-refractivity contribution in [2.45, 2.75) is 77.6 Å². The Morgan fingerprint density at radius 3 is 2.05 bits per heavy atom. The molecule has 0 fully saturated rings.